The molecule has 4 rings (SSSR count). The summed E-state index contributed by atoms with van der Waals surface area (Å²) in [6.45, 7) is 3.95. The van der Waals surface area contributed by atoms with Crippen molar-refractivity contribution in [2.75, 3.05) is 43.4 Å². The number of amides is 1. The summed E-state index contributed by atoms with van der Waals surface area (Å²) in [5, 5.41) is 2.90. The quantitative estimate of drug-likeness (QED) is 0.593. The van der Waals surface area contributed by atoms with Crippen molar-refractivity contribution in [1.29, 1.82) is 0 Å². The highest BCUT2D eigenvalue weighted by Gasteiger charge is 2.30. The van der Waals surface area contributed by atoms with Crippen molar-refractivity contribution in [3.8, 4) is 11.1 Å². The van der Waals surface area contributed by atoms with E-state index in [1.807, 2.05) is 24.3 Å². The van der Waals surface area contributed by atoms with Crippen LogP contribution in [0.1, 0.15) is 15.9 Å². The molecule has 0 spiro atoms. The number of halogens is 3. The van der Waals surface area contributed by atoms with E-state index in [-0.39, 0.29) is 5.91 Å². The van der Waals surface area contributed by atoms with Gasteiger partial charge in [-0.05, 0) is 60.6 Å². The van der Waals surface area contributed by atoms with Gasteiger partial charge in [0.15, 0.2) is 0 Å². The van der Waals surface area contributed by atoms with Gasteiger partial charge in [0.2, 0.25) is 0 Å². The van der Waals surface area contributed by atoms with E-state index in [9.17, 15) is 18.0 Å². The molecule has 1 heterocycles. The second kappa shape index (κ2) is 9.04. The van der Waals surface area contributed by atoms with E-state index in [4.69, 9.17) is 0 Å². The first-order chi connectivity index (χ1) is 15.3. The Bertz CT molecular complexity index is 1070. The number of hydrogen-bond acceptors (Lipinski definition) is 3. The van der Waals surface area contributed by atoms with Crippen molar-refractivity contribution in [2.24, 2.45) is 0 Å². The van der Waals surface area contributed by atoms with Crippen molar-refractivity contribution in [2.45, 2.75) is 6.18 Å². The van der Waals surface area contributed by atoms with Crippen molar-refractivity contribution in [3.63, 3.8) is 0 Å². The lowest BCUT2D eigenvalue weighted by molar-refractivity contribution is -0.137. The monoisotopic (exact) mass is 439 g/mol. The summed E-state index contributed by atoms with van der Waals surface area (Å²) in [4.78, 5) is 17.6. The van der Waals surface area contributed by atoms with Crippen molar-refractivity contribution in [1.82, 2.24) is 4.90 Å². The van der Waals surface area contributed by atoms with Crippen LogP contribution in [0.5, 0.6) is 0 Å². The van der Waals surface area contributed by atoms with Crippen LogP contribution in [0.15, 0.2) is 72.8 Å². The van der Waals surface area contributed by atoms with Gasteiger partial charge in [-0.2, -0.15) is 13.2 Å². The zero-order valence-electron chi connectivity index (χ0n) is 17.7. The Morgan fingerprint density at radius 3 is 2.09 bits per heavy atom. The van der Waals surface area contributed by atoms with Crippen LogP contribution in [0.3, 0.4) is 0 Å². The van der Waals surface area contributed by atoms with Crippen LogP contribution in [-0.2, 0) is 6.18 Å². The maximum atomic E-state index is 13.0. The minimum absolute atomic E-state index is 0.312. The van der Waals surface area contributed by atoms with Gasteiger partial charge in [0.05, 0.1) is 5.56 Å². The normalized spacial score (nSPS) is 14.9. The highest BCUT2D eigenvalue weighted by molar-refractivity contribution is 6.08. The van der Waals surface area contributed by atoms with Crippen LogP contribution in [0, 0.1) is 0 Å². The number of anilines is 2. The summed E-state index contributed by atoms with van der Waals surface area (Å²) in [5.41, 5.74) is 2.58. The summed E-state index contributed by atoms with van der Waals surface area (Å²) < 4.78 is 38.6. The number of likely N-dealkylation sites (N-methyl/N-ethyl adjacent to an activating group) is 1. The molecule has 166 valence electrons. The van der Waals surface area contributed by atoms with Crippen LogP contribution < -0.4 is 10.2 Å². The number of nitrogens with one attached hydrogen (secondary N) is 1. The summed E-state index contributed by atoms with van der Waals surface area (Å²) in [7, 11) is 2.11. The van der Waals surface area contributed by atoms with E-state index in [0.29, 0.717) is 22.4 Å². The first-order valence-electron chi connectivity index (χ1n) is 10.4. The lowest BCUT2D eigenvalue weighted by Crippen LogP contribution is -2.44. The van der Waals surface area contributed by atoms with Crippen LogP contribution in [0.2, 0.25) is 0 Å². The number of nitrogens with zero attached hydrogens (tertiary/aromatic N) is 2. The van der Waals surface area contributed by atoms with E-state index in [1.165, 1.54) is 12.1 Å². The van der Waals surface area contributed by atoms with Gasteiger partial charge in [-0.15, -0.1) is 0 Å². The van der Waals surface area contributed by atoms with Crippen molar-refractivity contribution < 1.29 is 18.0 Å². The Morgan fingerprint density at radius 1 is 0.844 bits per heavy atom. The molecule has 32 heavy (non-hydrogen) atoms. The number of carbonyl (C=O) groups is 1. The topological polar surface area (TPSA) is 35.6 Å². The third-order valence-electron chi connectivity index (χ3n) is 5.69. The second-order valence-electron chi connectivity index (χ2n) is 7.91. The number of piperazine rings is 1. The molecule has 1 aliphatic heterocycles. The van der Waals surface area contributed by atoms with E-state index >= 15 is 0 Å². The van der Waals surface area contributed by atoms with Crippen LogP contribution in [0.4, 0.5) is 24.5 Å². The molecule has 1 N–H and O–H groups in total. The van der Waals surface area contributed by atoms with Gasteiger partial charge in [0.1, 0.15) is 0 Å². The second-order valence-corrected chi connectivity index (χ2v) is 7.91. The number of carbonyl (C=O) groups excluding carboxylic acids is 1. The average molecular weight is 439 g/mol. The molecular weight excluding hydrogens is 415 g/mol. The van der Waals surface area contributed by atoms with Gasteiger partial charge in [0, 0.05) is 43.1 Å². The van der Waals surface area contributed by atoms with Gasteiger partial charge in [0.25, 0.3) is 5.91 Å². The number of alkyl halides is 3. The predicted molar refractivity (Wildman–Crippen MR) is 121 cm³/mol. The molecule has 7 heteroatoms. The third-order valence-corrected chi connectivity index (χ3v) is 5.69. The number of rotatable bonds is 4. The number of benzene rings is 3. The highest BCUT2D eigenvalue weighted by atomic mass is 19.4. The zero-order valence-corrected chi connectivity index (χ0v) is 17.7. The standard InChI is InChI=1S/C25H24F3N3O/c1-30-14-16-31(17-15-30)21-12-10-20(11-13-21)29-24(32)23-5-3-2-4-22(23)18-6-8-19(9-7-18)25(26,27)28/h2-13H,14-17H2,1H3,(H,29,32). The Labute approximate surface area is 185 Å². The van der Waals surface area contributed by atoms with Crippen molar-refractivity contribution >= 4 is 17.3 Å². The molecule has 3 aromatic carbocycles. The van der Waals surface area contributed by atoms with Gasteiger partial charge in [-0.3, -0.25) is 4.79 Å². The fourth-order valence-electron chi connectivity index (χ4n) is 3.79. The smallest absolute Gasteiger partial charge is 0.369 e. The van der Waals surface area contributed by atoms with E-state index in [0.717, 1.165) is 44.0 Å². The molecule has 3 aromatic rings. The molecule has 0 aliphatic carbocycles. The van der Waals surface area contributed by atoms with Crippen LogP contribution >= 0.6 is 0 Å². The molecule has 1 saturated heterocycles. The Kier molecular flexibility index (Phi) is 6.19. The van der Waals surface area contributed by atoms with Gasteiger partial charge in [-0.25, -0.2) is 0 Å². The predicted octanol–water partition coefficient (Wildman–Crippen LogP) is 5.38. The maximum Gasteiger partial charge on any atom is 0.416 e. The zero-order chi connectivity index (χ0) is 22.7. The van der Waals surface area contributed by atoms with Gasteiger partial charge >= 0.3 is 6.18 Å². The number of hydrogen-bond donors (Lipinski definition) is 1. The fraction of sp³-hybridized carbons (Fsp3) is 0.240. The minimum atomic E-state index is -4.40. The highest BCUT2D eigenvalue weighted by Crippen LogP contribution is 2.32. The van der Waals surface area contributed by atoms with Gasteiger partial charge in [-0.1, -0.05) is 30.3 Å². The average Bonchev–Trinajstić information content (AvgIpc) is 2.80. The molecular formula is C25H24F3N3O. The molecule has 0 unspecified atom stereocenters. The molecule has 0 atom stereocenters. The molecule has 4 nitrogen and oxygen atoms in total. The van der Waals surface area contributed by atoms with Crippen LogP contribution in [-0.4, -0.2) is 44.0 Å². The summed E-state index contributed by atoms with van der Waals surface area (Å²) in [6, 6.07) is 19.4. The first kappa shape index (κ1) is 21.9. The summed E-state index contributed by atoms with van der Waals surface area (Å²) in [5.74, 6) is -0.312. The third kappa shape index (κ3) is 4.94. The Morgan fingerprint density at radius 2 is 1.47 bits per heavy atom. The van der Waals surface area contributed by atoms with E-state index in [2.05, 4.69) is 22.2 Å². The van der Waals surface area contributed by atoms with E-state index in [1.54, 1.807) is 24.3 Å². The molecule has 0 radical (unpaired) electrons. The van der Waals surface area contributed by atoms with Crippen molar-refractivity contribution in [3.05, 3.63) is 83.9 Å². The van der Waals surface area contributed by atoms with Crippen LogP contribution in [0.25, 0.3) is 11.1 Å². The lowest BCUT2D eigenvalue weighted by atomic mass is 9.98. The molecule has 0 aromatic heterocycles. The summed E-state index contributed by atoms with van der Waals surface area (Å²) >= 11 is 0. The SMILES string of the molecule is CN1CCN(c2ccc(NC(=O)c3ccccc3-c3ccc(C(F)(F)F)cc3)cc2)CC1. The first-order valence-corrected chi connectivity index (χ1v) is 10.4. The molecule has 1 fully saturated rings. The van der Waals surface area contributed by atoms with Gasteiger partial charge < -0.3 is 15.1 Å². The Hall–Kier alpha value is -3.32. The molecule has 0 saturated carbocycles. The minimum Gasteiger partial charge on any atom is -0.369 e. The molecule has 1 aliphatic rings. The summed E-state index contributed by atoms with van der Waals surface area (Å²) in [6.07, 6.45) is -4.40. The molecule has 0 bridgehead atoms. The lowest BCUT2D eigenvalue weighted by Gasteiger charge is -2.34. The van der Waals surface area contributed by atoms with E-state index < -0.39 is 11.7 Å². The molecule has 1 amide bonds. The largest absolute Gasteiger partial charge is 0.416 e. The fourth-order valence-corrected chi connectivity index (χ4v) is 3.79. The maximum absolute atomic E-state index is 13.0. The Balaban J connectivity index is 1.50.